The van der Waals surface area contributed by atoms with Crippen molar-refractivity contribution < 1.29 is 4.79 Å². The van der Waals surface area contributed by atoms with Crippen LogP contribution in [0.1, 0.15) is 26.3 Å². The Labute approximate surface area is 116 Å². The van der Waals surface area contributed by atoms with E-state index in [-0.39, 0.29) is 29.8 Å². The normalized spacial score (nSPS) is 12.4. The standard InChI is InChI=1S/C14H22N2O.ClH/c1-11(16-13(17)10-15-4)14(2,3)12-8-6-5-7-9-12;/h5-9,11,15H,10H2,1-4H3,(H,16,17);1H. The van der Waals surface area contributed by atoms with Crippen LogP contribution >= 0.6 is 12.4 Å². The Morgan fingerprint density at radius 2 is 1.83 bits per heavy atom. The average Bonchev–Trinajstić information content (AvgIpc) is 2.30. The van der Waals surface area contributed by atoms with Gasteiger partial charge in [0.2, 0.25) is 5.91 Å². The highest BCUT2D eigenvalue weighted by Crippen LogP contribution is 2.26. The van der Waals surface area contributed by atoms with E-state index in [4.69, 9.17) is 0 Å². The van der Waals surface area contributed by atoms with Crippen LogP contribution in [-0.4, -0.2) is 25.5 Å². The minimum Gasteiger partial charge on any atom is -0.352 e. The van der Waals surface area contributed by atoms with Crippen LogP contribution in [0.4, 0.5) is 0 Å². The Morgan fingerprint density at radius 3 is 2.33 bits per heavy atom. The lowest BCUT2D eigenvalue weighted by atomic mass is 9.78. The zero-order valence-electron chi connectivity index (χ0n) is 11.5. The summed E-state index contributed by atoms with van der Waals surface area (Å²) in [4.78, 5) is 11.6. The maximum absolute atomic E-state index is 11.6. The molecule has 2 N–H and O–H groups in total. The van der Waals surface area contributed by atoms with Gasteiger partial charge in [-0.3, -0.25) is 4.79 Å². The molecular weight excluding hydrogens is 248 g/mol. The molecule has 0 spiro atoms. The fourth-order valence-corrected chi connectivity index (χ4v) is 1.75. The third-order valence-electron chi connectivity index (χ3n) is 3.32. The molecule has 1 unspecified atom stereocenters. The average molecular weight is 271 g/mol. The number of carbonyl (C=O) groups excluding carboxylic acids is 1. The number of hydrogen-bond acceptors (Lipinski definition) is 2. The molecule has 18 heavy (non-hydrogen) atoms. The molecule has 1 aromatic rings. The van der Waals surface area contributed by atoms with E-state index in [2.05, 4.69) is 36.6 Å². The van der Waals surface area contributed by atoms with Crippen LogP contribution < -0.4 is 10.6 Å². The van der Waals surface area contributed by atoms with Crippen molar-refractivity contribution in [1.29, 1.82) is 0 Å². The Bertz CT molecular complexity index is 365. The molecule has 0 aliphatic heterocycles. The van der Waals surface area contributed by atoms with Gasteiger partial charge in [-0.1, -0.05) is 44.2 Å². The number of rotatable bonds is 5. The Hall–Kier alpha value is -1.06. The molecule has 3 nitrogen and oxygen atoms in total. The highest BCUT2D eigenvalue weighted by molar-refractivity contribution is 5.85. The minimum absolute atomic E-state index is 0. The van der Waals surface area contributed by atoms with Crippen LogP contribution in [0, 0.1) is 0 Å². The summed E-state index contributed by atoms with van der Waals surface area (Å²) in [5.74, 6) is 0.0315. The molecule has 0 aliphatic rings. The van der Waals surface area contributed by atoms with Crippen molar-refractivity contribution >= 4 is 18.3 Å². The van der Waals surface area contributed by atoms with E-state index >= 15 is 0 Å². The fraction of sp³-hybridized carbons (Fsp3) is 0.500. The molecule has 0 fully saturated rings. The number of carbonyl (C=O) groups is 1. The van der Waals surface area contributed by atoms with Gasteiger partial charge < -0.3 is 10.6 Å². The first kappa shape index (κ1) is 16.9. The first-order valence-electron chi connectivity index (χ1n) is 5.98. The molecule has 0 bridgehead atoms. The van der Waals surface area contributed by atoms with Gasteiger partial charge >= 0.3 is 0 Å². The molecule has 1 atom stereocenters. The quantitative estimate of drug-likeness (QED) is 0.861. The molecule has 4 heteroatoms. The van der Waals surface area contributed by atoms with E-state index in [1.54, 1.807) is 7.05 Å². The number of likely N-dealkylation sites (N-methyl/N-ethyl adjacent to an activating group) is 1. The molecule has 0 radical (unpaired) electrons. The van der Waals surface area contributed by atoms with Crippen LogP contribution in [0.25, 0.3) is 0 Å². The molecule has 0 heterocycles. The summed E-state index contributed by atoms with van der Waals surface area (Å²) in [5.41, 5.74) is 1.15. The van der Waals surface area contributed by atoms with Crippen LogP contribution in [0.15, 0.2) is 30.3 Å². The summed E-state index contributed by atoms with van der Waals surface area (Å²) in [6.45, 7) is 6.69. The van der Waals surface area contributed by atoms with Gasteiger partial charge in [-0.2, -0.15) is 0 Å². The lowest BCUT2D eigenvalue weighted by Crippen LogP contribution is -2.47. The Kier molecular flexibility index (Phi) is 6.96. The van der Waals surface area contributed by atoms with E-state index in [0.717, 1.165) is 0 Å². The second-order valence-electron chi connectivity index (χ2n) is 4.91. The van der Waals surface area contributed by atoms with Crippen molar-refractivity contribution in [3.8, 4) is 0 Å². The van der Waals surface area contributed by atoms with Crippen molar-refractivity contribution in [1.82, 2.24) is 10.6 Å². The summed E-state index contributed by atoms with van der Waals surface area (Å²) in [7, 11) is 1.77. The molecule has 0 saturated heterocycles. The van der Waals surface area contributed by atoms with E-state index < -0.39 is 0 Å². The van der Waals surface area contributed by atoms with Gasteiger partial charge in [0, 0.05) is 11.5 Å². The monoisotopic (exact) mass is 270 g/mol. The lowest BCUT2D eigenvalue weighted by molar-refractivity contribution is -0.121. The summed E-state index contributed by atoms with van der Waals surface area (Å²) in [6, 6.07) is 10.3. The van der Waals surface area contributed by atoms with Gasteiger partial charge in [0.1, 0.15) is 0 Å². The SMILES string of the molecule is CNCC(=O)NC(C)C(C)(C)c1ccccc1.Cl. The van der Waals surface area contributed by atoms with Crippen LogP contribution in [-0.2, 0) is 10.2 Å². The first-order valence-corrected chi connectivity index (χ1v) is 5.98. The molecule has 1 rings (SSSR count). The predicted molar refractivity (Wildman–Crippen MR) is 78.2 cm³/mol. The fourth-order valence-electron chi connectivity index (χ4n) is 1.75. The van der Waals surface area contributed by atoms with Gasteiger partial charge in [0.15, 0.2) is 0 Å². The summed E-state index contributed by atoms with van der Waals surface area (Å²) in [5, 5.41) is 5.87. The van der Waals surface area contributed by atoms with Gasteiger partial charge in [0.05, 0.1) is 6.54 Å². The number of nitrogens with one attached hydrogen (secondary N) is 2. The van der Waals surface area contributed by atoms with E-state index in [9.17, 15) is 4.79 Å². The molecular formula is C14H23ClN2O. The van der Waals surface area contributed by atoms with Crippen molar-refractivity contribution in [3.63, 3.8) is 0 Å². The highest BCUT2D eigenvalue weighted by atomic mass is 35.5. The summed E-state index contributed by atoms with van der Waals surface area (Å²) < 4.78 is 0. The Balaban J connectivity index is 0.00000289. The van der Waals surface area contributed by atoms with Crippen LogP contribution in [0.3, 0.4) is 0 Å². The number of hydrogen-bond donors (Lipinski definition) is 2. The first-order chi connectivity index (χ1) is 7.98. The van der Waals surface area contributed by atoms with Gasteiger partial charge in [-0.05, 0) is 19.5 Å². The van der Waals surface area contributed by atoms with Gasteiger partial charge in [-0.25, -0.2) is 0 Å². The summed E-state index contributed by atoms with van der Waals surface area (Å²) >= 11 is 0. The second kappa shape index (κ2) is 7.39. The van der Waals surface area contributed by atoms with Crippen molar-refractivity contribution in [2.45, 2.75) is 32.2 Å². The zero-order valence-corrected chi connectivity index (χ0v) is 12.3. The molecule has 1 amide bonds. The number of amides is 1. The zero-order chi connectivity index (χ0) is 12.9. The van der Waals surface area contributed by atoms with Crippen molar-refractivity contribution in [3.05, 3.63) is 35.9 Å². The third-order valence-corrected chi connectivity index (χ3v) is 3.32. The molecule has 0 aliphatic carbocycles. The third kappa shape index (κ3) is 4.31. The summed E-state index contributed by atoms with van der Waals surface area (Å²) in [6.07, 6.45) is 0. The van der Waals surface area contributed by atoms with Crippen LogP contribution in [0.5, 0.6) is 0 Å². The largest absolute Gasteiger partial charge is 0.352 e. The lowest BCUT2D eigenvalue weighted by Gasteiger charge is -2.33. The molecule has 0 aromatic heterocycles. The maximum Gasteiger partial charge on any atom is 0.234 e. The minimum atomic E-state index is -0.0787. The number of halogens is 1. The van der Waals surface area contributed by atoms with Crippen molar-refractivity contribution in [2.24, 2.45) is 0 Å². The van der Waals surface area contributed by atoms with E-state index in [1.165, 1.54) is 5.56 Å². The number of benzene rings is 1. The molecule has 1 aromatic carbocycles. The topological polar surface area (TPSA) is 41.1 Å². The maximum atomic E-state index is 11.6. The Morgan fingerprint density at radius 1 is 1.28 bits per heavy atom. The smallest absolute Gasteiger partial charge is 0.234 e. The van der Waals surface area contributed by atoms with Gasteiger partial charge in [0.25, 0.3) is 0 Å². The van der Waals surface area contributed by atoms with Crippen LogP contribution in [0.2, 0.25) is 0 Å². The second-order valence-corrected chi connectivity index (χ2v) is 4.91. The van der Waals surface area contributed by atoms with E-state index in [0.29, 0.717) is 6.54 Å². The van der Waals surface area contributed by atoms with E-state index in [1.807, 2.05) is 25.1 Å². The predicted octanol–water partition coefficient (Wildman–Crippen LogP) is 2.11. The van der Waals surface area contributed by atoms with Crippen molar-refractivity contribution in [2.75, 3.05) is 13.6 Å². The van der Waals surface area contributed by atoms with Gasteiger partial charge in [-0.15, -0.1) is 12.4 Å². The highest BCUT2D eigenvalue weighted by Gasteiger charge is 2.28. The molecule has 102 valence electrons. The molecule has 0 saturated carbocycles.